The molecule has 0 spiro atoms. The van der Waals surface area contributed by atoms with Gasteiger partial charge in [0.05, 0.1) is 19.0 Å². The van der Waals surface area contributed by atoms with E-state index in [1.165, 1.54) is 11.8 Å². The van der Waals surface area contributed by atoms with Crippen molar-refractivity contribution in [3.63, 3.8) is 0 Å². The van der Waals surface area contributed by atoms with Crippen LogP contribution in [0.2, 0.25) is 0 Å². The number of anilines is 1. The first-order valence-electron chi connectivity index (χ1n) is 7.27. The van der Waals surface area contributed by atoms with Crippen LogP contribution in [0.4, 0.5) is 10.6 Å². The molecule has 8 nitrogen and oxygen atoms in total. The zero-order valence-corrected chi connectivity index (χ0v) is 15.7. The maximum atomic E-state index is 12.1. The smallest absolute Gasteiger partial charge is 0.413 e. The molecule has 9 heteroatoms. The third-order valence-electron chi connectivity index (χ3n) is 3.00. The van der Waals surface area contributed by atoms with Crippen molar-refractivity contribution in [1.29, 1.82) is 0 Å². The van der Waals surface area contributed by atoms with Gasteiger partial charge in [-0.15, -0.1) is 0 Å². The number of aromatic carboxylic acids is 1. The van der Waals surface area contributed by atoms with Crippen LogP contribution in [0.15, 0.2) is 28.9 Å². The number of hydrogen-bond acceptors (Lipinski definition) is 5. The van der Waals surface area contributed by atoms with Crippen molar-refractivity contribution in [2.75, 3.05) is 12.4 Å². The number of carbonyl (C=O) groups is 2. The van der Waals surface area contributed by atoms with Gasteiger partial charge in [0.25, 0.3) is 0 Å². The van der Waals surface area contributed by atoms with Gasteiger partial charge < -0.3 is 14.6 Å². The second-order valence-corrected chi connectivity index (χ2v) is 6.92. The van der Waals surface area contributed by atoms with Gasteiger partial charge in [-0.3, -0.25) is 5.32 Å². The number of halogens is 1. The number of carboxylic acids is 1. The lowest BCUT2D eigenvalue weighted by Gasteiger charge is -2.20. The number of rotatable bonds is 4. The normalized spacial score (nSPS) is 11.1. The number of aromatic nitrogens is 2. The van der Waals surface area contributed by atoms with Gasteiger partial charge in [0, 0.05) is 4.47 Å². The summed E-state index contributed by atoms with van der Waals surface area (Å²) < 4.78 is 12.2. The van der Waals surface area contributed by atoms with Crippen molar-refractivity contribution in [3.05, 3.63) is 34.4 Å². The second-order valence-electron chi connectivity index (χ2n) is 6.07. The maximum Gasteiger partial charge on any atom is 0.413 e. The second kappa shape index (κ2) is 7.14. The summed E-state index contributed by atoms with van der Waals surface area (Å²) in [5.41, 5.74) is -0.355. The van der Waals surface area contributed by atoms with Gasteiger partial charge in [-0.1, -0.05) is 0 Å². The predicted octanol–water partition coefficient (Wildman–Crippen LogP) is 3.69. The van der Waals surface area contributed by atoms with Crippen LogP contribution in [0.25, 0.3) is 5.69 Å². The quantitative estimate of drug-likeness (QED) is 0.794. The third kappa shape index (κ3) is 4.50. The summed E-state index contributed by atoms with van der Waals surface area (Å²) in [6.07, 6.45) is 0.382. The summed E-state index contributed by atoms with van der Waals surface area (Å²) >= 11 is 3.39. The molecular formula is C16H18BrN3O5. The molecule has 0 aliphatic heterocycles. The fourth-order valence-corrected chi connectivity index (χ4v) is 2.52. The van der Waals surface area contributed by atoms with E-state index in [0.717, 1.165) is 6.20 Å². The van der Waals surface area contributed by atoms with E-state index in [-0.39, 0.29) is 11.4 Å². The van der Waals surface area contributed by atoms with E-state index < -0.39 is 17.7 Å². The molecule has 0 aliphatic carbocycles. The molecule has 0 unspecified atom stereocenters. The van der Waals surface area contributed by atoms with E-state index >= 15 is 0 Å². The van der Waals surface area contributed by atoms with Crippen molar-refractivity contribution in [1.82, 2.24) is 9.78 Å². The predicted molar refractivity (Wildman–Crippen MR) is 94.6 cm³/mol. The lowest BCUT2D eigenvalue weighted by atomic mass is 10.2. The van der Waals surface area contributed by atoms with Crippen LogP contribution < -0.4 is 10.1 Å². The van der Waals surface area contributed by atoms with E-state index in [1.807, 2.05) is 0 Å². The first kappa shape index (κ1) is 18.8. The summed E-state index contributed by atoms with van der Waals surface area (Å²) in [4.78, 5) is 23.5. The van der Waals surface area contributed by atoms with Crippen molar-refractivity contribution < 1.29 is 24.2 Å². The molecule has 0 saturated carbocycles. The highest BCUT2D eigenvalue weighted by Gasteiger charge is 2.24. The molecular weight excluding hydrogens is 394 g/mol. The first-order chi connectivity index (χ1) is 11.6. The molecule has 134 valence electrons. The highest BCUT2D eigenvalue weighted by molar-refractivity contribution is 9.10. The van der Waals surface area contributed by atoms with Crippen LogP contribution >= 0.6 is 15.9 Å². The Hall–Kier alpha value is -2.55. The van der Waals surface area contributed by atoms with Gasteiger partial charge in [0.15, 0.2) is 5.82 Å². The van der Waals surface area contributed by atoms with Crippen LogP contribution in [0.3, 0.4) is 0 Å². The van der Waals surface area contributed by atoms with E-state index in [2.05, 4.69) is 26.3 Å². The van der Waals surface area contributed by atoms with Crippen molar-refractivity contribution in [2.24, 2.45) is 0 Å². The van der Waals surface area contributed by atoms with Gasteiger partial charge in [0.1, 0.15) is 16.9 Å². The molecule has 2 aromatic rings. The summed E-state index contributed by atoms with van der Waals surface area (Å²) in [6, 6.07) is 5.08. The Kier molecular flexibility index (Phi) is 5.36. The van der Waals surface area contributed by atoms with Crippen LogP contribution in [-0.2, 0) is 4.74 Å². The molecule has 0 bridgehead atoms. The Labute approximate surface area is 152 Å². The molecule has 0 atom stereocenters. The number of nitrogens with one attached hydrogen (secondary N) is 1. The molecule has 0 fully saturated rings. The molecule has 25 heavy (non-hydrogen) atoms. The Morgan fingerprint density at radius 2 is 2.00 bits per heavy atom. The zero-order valence-electron chi connectivity index (χ0n) is 14.2. The van der Waals surface area contributed by atoms with E-state index in [9.17, 15) is 14.7 Å². The van der Waals surface area contributed by atoms with E-state index in [1.54, 1.807) is 39.0 Å². The molecule has 1 aromatic heterocycles. The van der Waals surface area contributed by atoms with Gasteiger partial charge in [-0.05, 0) is 54.9 Å². The molecule has 1 aromatic carbocycles. The summed E-state index contributed by atoms with van der Waals surface area (Å²) in [5, 5.41) is 15.9. The molecule has 1 heterocycles. The Morgan fingerprint density at radius 1 is 1.32 bits per heavy atom. The Morgan fingerprint density at radius 3 is 2.52 bits per heavy atom. The van der Waals surface area contributed by atoms with Crippen molar-refractivity contribution in [3.8, 4) is 11.4 Å². The average molecular weight is 412 g/mol. The van der Waals surface area contributed by atoms with Crippen LogP contribution in [-0.4, -0.2) is 39.7 Å². The SMILES string of the molecule is COc1ccc(-n2ncc(C(=O)O)c2NC(=O)OC(C)(C)C)c(Br)c1. The van der Waals surface area contributed by atoms with Crippen LogP contribution in [0, 0.1) is 0 Å². The number of hydrogen-bond donors (Lipinski definition) is 2. The van der Waals surface area contributed by atoms with E-state index in [4.69, 9.17) is 9.47 Å². The molecule has 0 saturated heterocycles. The zero-order chi connectivity index (χ0) is 18.8. The van der Waals surface area contributed by atoms with Gasteiger partial charge >= 0.3 is 12.1 Å². The van der Waals surface area contributed by atoms with Gasteiger partial charge in [-0.25, -0.2) is 14.3 Å². The maximum absolute atomic E-state index is 12.1. The molecule has 2 N–H and O–H groups in total. The van der Waals surface area contributed by atoms with Crippen molar-refractivity contribution >= 4 is 33.8 Å². The summed E-state index contributed by atoms with van der Waals surface area (Å²) in [7, 11) is 1.54. The highest BCUT2D eigenvalue weighted by atomic mass is 79.9. The minimum absolute atomic E-state index is 0.00684. The number of methoxy groups -OCH3 is 1. The number of carbonyl (C=O) groups excluding carboxylic acids is 1. The summed E-state index contributed by atoms with van der Waals surface area (Å²) in [6.45, 7) is 5.13. The fraction of sp³-hybridized carbons (Fsp3) is 0.312. The first-order valence-corrected chi connectivity index (χ1v) is 8.07. The van der Waals surface area contributed by atoms with Crippen LogP contribution in [0.1, 0.15) is 31.1 Å². The molecule has 2 rings (SSSR count). The topological polar surface area (TPSA) is 103 Å². The lowest BCUT2D eigenvalue weighted by molar-refractivity contribution is 0.0635. The van der Waals surface area contributed by atoms with Crippen molar-refractivity contribution in [2.45, 2.75) is 26.4 Å². The number of nitrogens with zero attached hydrogens (tertiary/aromatic N) is 2. The molecule has 0 aliphatic rings. The lowest BCUT2D eigenvalue weighted by Crippen LogP contribution is -2.28. The number of ether oxygens (including phenoxy) is 2. The summed E-state index contributed by atoms with van der Waals surface area (Å²) in [5.74, 6) is -0.613. The minimum atomic E-state index is -1.22. The van der Waals surface area contributed by atoms with E-state index in [0.29, 0.717) is 15.9 Å². The molecule has 0 radical (unpaired) electrons. The van der Waals surface area contributed by atoms with Gasteiger partial charge in [0.2, 0.25) is 0 Å². The fourth-order valence-electron chi connectivity index (χ4n) is 1.99. The average Bonchev–Trinajstić information content (AvgIpc) is 2.88. The molecule has 1 amide bonds. The Balaban J connectivity index is 2.46. The van der Waals surface area contributed by atoms with Crippen LogP contribution in [0.5, 0.6) is 5.75 Å². The number of benzene rings is 1. The number of amides is 1. The number of carboxylic acid groups (broad SMARTS) is 1. The Bertz CT molecular complexity index is 811. The minimum Gasteiger partial charge on any atom is -0.497 e. The van der Waals surface area contributed by atoms with Gasteiger partial charge in [-0.2, -0.15) is 5.10 Å². The standard InChI is InChI=1S/C16H18BrN3O5/c1-16(2,3)25-15(23)19-13-10(14(21)22)8-18-20(13)12-6-5-9(24-4)7-11(12)17/h5-8H,1-4H3,(H,19,23)(H,21,22). The third-order valence-corrected chi connectivity index (χ3v) is 3.64. The monoisotopic (exact) mass is 411 g/mol. The largest absolute Gasteiger partial charge is 0.497 e. The highest BCUT2D eigenvalue weighted by Crippen LogP contribution is 2.29.